The van der Waals surface area contributed by atoms with Gasteiger partial charge in [0.15, 0.2) is 6.61 Å². The zero-order chi connectivity index (χ0) is 18.4. The summed E-state index contributed by atoms with van der Waals surface area (Å²) in [6.45, 7) is 0.354. The van der Waals surface area contributed by atoms with Crippen molar-refractivity contribution in [3.05, 3.63) is 70.6 Å². The number of hydrogen-bond acceptors (Lipinski definition) is 5. The van der Waals surface area contributed by atoms with Gasteiger partial charge in [-0.15, -0.1) is 0 Å². The van der Waals surface area contributed by atoms with Crippen molar-refractivity contribution in [2.75, 3.05) is 13.2 Å². The van der Waals surface area contributed by atoms with E-state index in [1.807, 2.05) is 36.4 Å². The summed E-state index contributed by atoms with van der Waals surface area (Å²) in [5.74, 6) is 0.320. The molecule has 2 aromatic rings. The lowest BCUT2D eigenvalue weighted by atomic mass is 10.1. The van der Waals surface area contributed by atoms with Crippen molar-refractivity contribution in [2.24, 2.45) is 0 Å². The fourth-order valence-corrected chi connectivity index (χ4v) is 3.37. The number of rotatable bonds is 6. The molecule has 2 aromatic carbocycles. The van der Waals surface area contributed by atoms with Crippen LogP contribution in [0.1, 0.15) is 11.1 Å². The normalized spacial score (nSPS) is 15.3. The van der Waals surface area contributed by atoms with Gasteiger partial charge in [0.05, 0.1) is 4.91 Å². The Labute approximate surface area is 155 Å². The molecule has 130 valence electrons. The minimum Gasteiger partial charge on any atom is -0.479 e. The molecule has 3 rings (SSSR count). The molecule has 0 saturated carbocycles. The molecule has 0 unspecified atom stereocenters. The largest absolute Gasteiger partial charge is 0.479 e. The molecule has 0 radical (unpaired) electrons. The SMILES string of the molecule is N#CCOc1ccc(/C=C2\SC(=O)N(CCc3ccccc3)C2=O)cc1. The highest BCUT2D eigenvalue weighted by Gasteiger charge is 2.34. The summed E-state index contributed by atoms with van der Waals surface area (Å²) in [4.78, 5) is 26.4. The smallest absolute Gasteiger partial charge is 0.293 e. The first-order valence-corrected chi connectivity index (χ1v) is 8.88. The molecule has 0 N–H and O–H groups in total. The Morgan fingerprint density at radius 3 is 2.50 bits per heavy atom. The fourth-order valence-electron chi connectivity index (χ4n) is 2.51. The Hall–Kier alpha value is -3.04. The van der Waals surface area contributed by atoms with Crippen molar-refractivity contribution in [1.82, 2.24) is 4.90 Å². The van der Waals surface area contributed by atoms with Crippen LogP contribution in [-0.2, 0) is 11.2 Å². The summed E-state index contributed by atoms with van der Waals surface area (Å²) in [6, 6.07) is 18.7. The van der Waals surface area contributed by atoms with Crippen LogP contribution in [0.5, 0.6) is 5.75 Å². The Morgan fingerprint density at radius 1 is 1.08 bits per heavy atom. The molecule has 0 spiro atoms. The number of amides is 2. The Bertz CT molecular complexity index is 870. The maximum absolute atomic E-state index is 12.5. The van der Waals surface area contributed by atoms with Gasteiger partial charge in [-0.05, 0) is 47.5 Å². The molecule has 1 fully saturated rings. The molecule has 1 aliphatic rings. The third-order valence-corrected chi connectivity index (χ3v) is 4.73. The first kappa shape index (κ1) is 17.8. The average Bonchev–Trinajstić information content (AvgIpc) is 2.93. The summed E-state index contributed by atoms with van der Waals surface area (Å²) in [5, 5.41) is 8.26. The van der Waals surface area contributed by atoms with E-state index >= 15 is 0 Å². The van der Waals surface area contributed by atoms with Crippen molar-refractivity contribution in [3.8, 4) is 11.8 Å². The van der Waals surface area contributed by atoms with Crippen molar-refractivity contribution in [2.45, 2.75) is 6.42 Å². The number of carbonyl (C=O) groups excluding carboxylic acids is 2. The maximum atomic E-state index is 12.5. The summed E-state index contributed by atoms with van der Waals surface area (Å²) in [5.41, 5.74) is 1.88. The summed E-state index contributed by atoms with van der Waals surface area (Å²) in [6.07, 6.45) is 2.33. The molecule has 1 heterocycles. The van der Waals surface area contributed by atoms with E-state index in [1.165, 1.54) is 4.90 Å². The highest BCUT2D eigenvalue weighted by Crippen LogP contribution is 2.32. The monoisotopic (exact) mass is 364 g/mol. The van der Waals surface area contributed by atoms with E-state index in [0.717, 1.165) is 22.9 Å². The number of benzene rings is 2. The van der Waals surface area contributed by atoms with Gasteiger partial charge >= 0.3 is 0 Å². The minimum absolute atomic E-state index is 0.0142. The maximum Gasteiger partial charge on any atom is 0.293 e. The van der Waals surface area contributed by atoms with Crippen molar-refractivity contribution in [3.63, 3.8) is 0 Å². The Balaban J connectivity index is 1.66. The molecule has 0 bridgehead atoms. The quantitative estimate of drug-likeness (QED) is 0.728. The Kier molecular flexibility index (Phi) is 5.72. The van der Waals surface area contributed by atoms with E-state index in [2.05, 4.69) is 0 Å². The van der Waals surface area contributed by atoms with Crippen LogP contribution in [0, 0.1) is 11.3 Å². The number of ether oxygens (including phenoxy) is 1. The van der Waals surface area contributed by atoms with Crippen LogP contribution >= 0.6 is 11.8 Å². The van der Waals surface area contributed by atoms with Crippen molar-refractivity contribution >= 4 is 29.0 Å². The molecular formula is C20H16N2O3S. The number of thioether (sulfide) groups is 1. The van der Waals surface area contributed by atoms with Gasteiger partial charge in [0.25, 0.3) is 11.1 Å². The molecular weight excluding hydrogens is 348 g/mol. The van der Waals surface area contributed by atoms with E-state index in [0.29, 0.717) is 23.6 Å². The second-order valence-electron chi connectivity index (χ2n) is 5.58. The Morgan fingerprint density at radius 2 is 1.81 bits per heavy atom. The zero-order valence-electron chi connectivity index (χ0n) is 13.9. The third-order valence-electron chi connectivity index (χ3n) is 3.82. The van der Waals surface area contributed by atoms with Crippen LogP contribution in [0.15, 0.2) is 59.5 Å². The van der Waals surface area contributed by atoms with Gasteiger partial charge in [-0.3, -0.25) is 14.5 Å². The second-order valence-corrected chi connectivity index (χ2v) is 6.58. The standard InChI is InChI=1S/C20H16N2O3S/c21-11-13-25-17-8-6-16(7-9-17)14-18-19(23)22(20(24)26-18)12-10-15-4-2-1-3-5-15/h1-9,14H,10,12-13H2/b18-14-. The van der Waals surface area contributed by atoms with Gasteiger partial charge in [0.1, 0.15) is 11.8 Å². The molecule has 0 aliphatic carbocycles. The van der Waals surface area contributed by atoms with Gasteiger partial charge < -0.3 is 4.74 Å². The number of nitriles is 1. The van der Waals surface area contributed by atoms with Crippen molar-refractivity contribution in [1.29, 1.82) is 5.26 Å². The summed E-state index contributed by atoms with van der Waals surface area (Å²) in [7, 11) is 0. The highest BCUT2D eigenvalue weighted by atomic mass is 32.2. The summed E-state index contributed by atoms with van der Waals surface area (Å²) < 4.78 is 5.19. The first-order chi connectivity index (χ1) is 12.7. The predicted octanol–water partition coefficient (Wildman–Crippen LogP) is 3.87. The minimum atomic E-state index is -0.263. The molecule has 26 heavy (non-hydrogen) atoms. The van der Waals surface area contributed by atoms with Crippen LogP contribution in [-0.4, -0.2) is 29.2 Å². The number of carbonyl (C=O) groups is 2. The van der Waals surface area contributed by atoms with E-state index in [9.17, 15) is 9.59 Å². The lowest BCUT2D eigenvalue weighted by Gasteiger charge is -2.12. The topological polar surface area (TPSA) is 70.4 Å². The summed E-state index contributed by atoms with van der Waals surface area (Å²) >= 11 is 0.954. The molecule has 2 amide bonds. The van der Waals surface area contributed by atoms with E-state index in [4.69, 9.17) is 10.00 Å². The highest BCUT2D eigenvalue weighted by molar-refractivity contribution is 8.18. The van der Waals surface area contributed by atoms with Crippen LogP contribution in [0.25, 0.3) is 6.08 Å². The number of imide groups is 1. The van der Waals surface area contributed by atoms with Gasteiger partial charge in [-0.2, -0.15) is 5.26 Å². The molecule has 1 saturated heterocycles. The predicted molar refractivity (Wildman–Crippen MR) is 100 cm³/mol. The average molecular weight is 364 g/mol. The molecule has 1 aliphatic heterocycles. The van der Waals surface area contributed by atoms with Gasteiger partial charge in [-0.1, -0.05) is 42.5 Å². The number of nitrogens with zero attached hydrogens (tertiary/aromatic N) is 2. The zero-order valence-corrected chi connectivity index (χ0v) is 14.7. The van der Waals surface area contributed by atoms with Gasteiger partial charge in [0.2, 0.25) is 0 Å². The first-order valence-electron chi connectivity index (χ1n) is 8.06. The van der Waals surface area contributed by atoms with Crippen LogP contribution < -0.4 is 4.74 Å². The third kappa shape index (κ3) is 4.32. The lowest BCUT2D eigenvalue weighted by Crippen LogP contribution is -2.30. The molecule has 5 nitrogen and oxygen atoms in total. The number of hydrogen-bond donors (Lipinski definition) is 0. The van der Waals surface area contributed by atoms with Crippen LogP contribution in [0.2, 0.25) is 0 Å². The van der Waals surface area contributed by atoms with Crippen molar-refractivity contribution < 1.29 is 14.3 Å². The van der Waals surface area contributed by atoms with E-state index in [1.54, 1.807) is 30.3 Å². The van der Waals surface area contributed by atoms with Gasteiger partial charge in [-0.25, -0.2) is 0 Å². The molecule has 6 heteroatoms. The molecule has 0 atom stereocenters. The van der Waals surface area contributed by atoms with Crippen LogP contribution in [0.3, 0.4) is 0 Å². The van der Waals surface area contributed by atoms with Crippen LogP contribution in [0.4, 0.5) is 4.79 Å². The fraction of sp³-hybridized carbons (Fsp3) is 0.150. The van der Waals surface area contributed by atoms with E-state index < -0.39 is 0 Å². The van der Waals surface area contributed by atoms with E-state index in [-0.39, 0.29) is 17.8 Å². The molecule has 0 aromatic heterocycles. The lowest BCUT2D eigenvalue weighted by molar-refractivity contribution is -0.122. The van der Waals surface area contributed by atoms with Gasteiger partial charge in [0, 0.05) is 6.54 Å². The second kappa shape index (κ2) is 8.37.